The van der Waals surface area contributed by atoms with E-state index in [2.05, 4.69) is 90.4 Å². The number of benzene rings is 2. The molecule has 0 heterocycles. The predicted octanol–water partition coefficient (Wildman–Crippen LogP) is 4.58. The van der Waals surface area contributed by atoms with Gasteiger partial charge in [-0.2, -0.15) is 0 Å². The zero-order valence-corrected chi connectivity index (χ0v) is 23.2. The molecule has 0 saturated heterocycles. The third-order valence-corrected chi connectivity index (χ3v) is 6.82. The van der Waals surface area contributed by atoms with E-state index in [1.54, 1.807) is 0 Å². The molecule has 0 spiro atoms. The number of ether oxygens (including phenoxy) is 2. The Hall–Kier alpha value is 0.350. The second-order valence-electron chi connectivity index (χ2n) is 5.85. The van der Waals surface area contributed by atoms with Gasteiger partial charge in [-0.1, -0.05) is 0 Å². The molecule has 1 atom stereocenters. The van der Waals surface area contributed by atoms with Crippen LogP contribution in [0.15, 0.2) is 24.3 Å². The lowest BCUT2D eigenvalue weighted by Gasteiger charge is -2.15. The highest BCUT2D eigenvalue weighted by molar-refractivity contribution is 14.1. The van der Waals surface area contributed by atoms with Crippen LogP contribution in [-0.2, 0) is 11.2 Å². The van der Waals surface area contributed by atoms with Crippen molar-refractivity contribution >= 4 is 96.3 Å². The summed E-state index contributed by atoms with van der Waals surface area (Å²) in [6.07, 6.45) is 1.07. The molecular weight excluding hydrogens is 816 g/mol. The van der Waals surface area contributed by atoms with E-state index in [1.807, 2.05) is 24.3 Å². The van der Waals surface area contributed by atoms with Gasteiger partial charge in [0.15, 0.2) is 5.75 Å². The largest absolute Gasteiger partial charge is 0.491 e. The summed E-state index contributed by atoms with van der Waals surface area (Å²) in [6, 6.07) is 6.75. The van der Waals surface area contributed by atoms with Gasteiger partial charge in [-0.05, 0) is 140 Å². The van der Waals surface area contributed by atoms with Gasteiger partial charge in [0.05, 0.1) is 20.9 Å². The lowest BCUT2D eigenvalue weighted by atomic mass is 10.1. The van der Waals surface area contributed by atoms with Gasteiger partial charge in [-0.3, -0.25) is 4.79 Å². The molecule has 6 nitrogen and oxygen atoms in total. The van der Waals surface area contributed by atoms with Crippen molar-refractivity contribution in [3.63, 3.8) is 0 Å². The average Bonchev–Trinajstić information content (AvgIpc) is 2.60. The summed E-state index contributed by atoms with van der Waals surface area (Å²) >= 11 is 8.85. The van der Waals surface area contributed by atoms with E-state index in [4.69, 9.17) is 26.0 Å². The van der Waals surface area contributed by atoms with Crippen LogP contribution in [0, 0.1) is 14.3 Å². The van der Waals surface area contributed by atoms with E-state index in [9.17, 15) is 4.79 Å². The number of halogens is 4. The number of carboxylic acids is 1. The summed E-state index contributed by atoms with van der Waals surface area (Å²) in [5.41, 5.74) is 12.0. The van der Waals surface area contributed by atoms with E-state index in [-0.39, 0.29) is 6.42 Å². The van der Waals surface area contributed by atoms with Gasteiger partial charge in [0, 0.05) is 0 Å². The fourth-order valence-corrected chi connectivity index (χ4v) is 6.42. The van der Waals surface area contributed by atoms with Crippen molar-refractivity contribution in [2.24, 2.45) is 11.5 Å². The van der Waals surface area contributed by atoms with E-state index in [1.165, 1.54) is 0 Å². The van der Waals surface area contributed by atoms with Gasteiger partial charge in [0.1, 0.15) is 17.5 Å². The number of aliphatic carboxylic acids is 1. The van der Waals surface area contributed by atoms with Crippen molar-refractivity contribution in [1.29, 1.82) is 0 Å². The lowest BCUT2D eigenvalue weighted by Crippen LogP contribution is -2.32. The van der Waals surface area contributed by atoms with Gasteiger partial charge < -0.3 is 26.0 Å². The molecule has 5 N–H and O–H groups in total. The number of rotatable bonds is 9. The maximum absolute atomic E-state index is 11.0. The molecule has 0 aliphatic heterocycles. The highest BCUT2D eigenvalue weighted by Gasteiger charge is 2.17. The molecule has 28 heavy (non-hydrogen) atoms. The molecule has 0 saturated carbocycles. The smallest absolute Gasteiger partial charge is 0.320 e. The van der Waals surface area contributed by atoms with Crippen LogP contribution in [0.4, 0.5) is 0 Å². The topological polar surface area (TPSA) is 108 Å². The molecule has 0 bridgehead atoms. The minimum Gasteiger partial charge on any atom is -0.491 e. The standard InChI is InChI=1S/C18H18I4N2O4/c19-11-4-9(6-15(24)18(25)26)5-12(20)17(11)28-10-7-13(21)16(14(22)8-10)27-3-1-2-23/h4-5,7-8,15H,1-3,6,23-24H2,(H,25,26)/t15-/m0/s1. The second-order valence-corrected chi connectivity index (χ2v) is 10.5. The van der Waals surface area contributed by atoms with E-state index >= 15 is 0 Å². The molecule has 0 aliphatic carbocycles. The summed E-state index contributed by atoms with van der Waals surface area (Å²) in [7, 11) is 0. The number of hydrogen-bond acceptors (Lipinski definition) is 5. The Morgan fingerprint density at radius 3 is 2.04 bits per heavy atom. The van der Waals surface area contributed by atoms with Gasteiger partial charge in [-0.25, -0.2) is 0 Å². The van der Waals surface area contributed by atoms with Crippen LogP contribution in [0.25, 0.3) is 0 Å². The first-order valence-corrected chi connectivity index (χ1v) is 12.5. The quantitative estimate of drug-likeness (QED) is 0.253. The summed E-state index contributed by atoms with van der Waals surface area (Å²) in [4.78, 5) is 11.0. The average molecular weight is 834 g/mol. The first-order chi connectivity index (χ1) is 13.2. The Morgan fingerprint density at radius 1 is 1.00 bits per heavy atom. The SMILES string of the molecule is NCCCOc1c(I)cc(Oc2c(I)cc(C[C@H](N)C(=O)O)cc2I)cc1I. The molecule has 0 aliphatic rings. The maximum atomic E-state index is 11.0. The Kier molecular flexibility index (Phi) is 10.3. The predicted molar refractivity (Wildman–Crippen MR) is 142 cm³/mol. The van der Waals surface area contributed by atoms with Crippen LogP contribution in [0.1, 0.15) is 12.0 Å². The molecule has 0 amide bonds. The monoisotopic (exact) mass is 834 g/mol. The maximum Gasteiger partial charge on any atom is 0.320 e. The van der Waals surface area contributed by atoms with Gasteiger partial charge in [-0.15, -0.1) is 0 Å². The van der Waals surface area contributed by atoms with Crippen LogP contribution in [-0.4, -0.2) is 30.3 Å². The van der Waals surface area contributed by atoms with Crippen molar-refractivity contribution in [2.45, 2.75) is 18.9 Å². The Bertz CT molecular complexity index is 817. The molecular formula is C18H18I4N2O4. The molecule has 0 unspecified atom stereocenters. The van der Waals surface area contributed by atoms with Crippen LogP contribution in [0.5, 0.6) is 17.2 Å². The van der Waals surface area contributed by atoms with Crippen LogP contribution < -0.4 is 20.9 Å². The Balaban J connectivity index is 2.22. The van der Waals surface area contributed by atoms with Crippen molar-refractivity contribution in [3.05, 3.63) is 44.1 Å². The van der Waals surface area contributed by atoms with Gasteiger partial charge in [0.2, 0.25) is 0 Å². The minimum absolute atomic E-state index is 0.270. The minimum atomic E-state index is -1.01. The molecule has 0 aromatic heterocycles. The van der Waals surface area contributed by atoms with Gasteiger partial charge >= 0.3 is 5.97 Å². The number of carbonyl (C=O) groups is 1. The first kappa shape index (κ1) is 24.6. The molecule has 10 heteroatoms. The van der Waals surface area contributed by atoms with Crippen molar-refractivity contribution in [2.75, 3.05) is 13.2 Å². The number of nitrogens with two attached hydrogens (primary N) is 2. The Morgan fingerprint density at radius 2 is 1.54 bits per heavy atom. The molecule has 2 rings (SSSR count). The summed E-state index contributed by atoms with van der Waals surface area (Å²) < 4.78 is 15.7. The molecule has 2 aromatic carbocycles. The highest BCUT2D eigenvalue weighted by Crippen LogP contribution is 2.37. The Labute approximate surface area is 218 Å². The fourth-order valence-electron chi connectivity index (χ4n) is 2.28. The van der Waals surface area contributed by atoms with Crippen molar-refractivity contribution in [1.82, 2.24) is 0 Å². The summed E-state index contributed by atoms with van der Waals surface area (Å²) in [5.74, 6) is 1.27. The number of carboxylic acid groups (broad SMARTS) is 1. The van der Waals surface area contributed by atoms with Crippen LogP contribution >= 0.6 is 90.4 Å². The fraction of sp³-hybridized carbons (Fsp3) is 0.278. The summed E-state index contributed by atoms with van der Waals surface area (Å²) in [6.45, 7) is 1.18. The lowest BCUT2D eigenvalue weighted by molar-refractivity contribution is -0.138. The normalized spacial score (nSPS) is 11.9. The zero-order valence-electron chi connectivity index (χ0n) is 14.6. The van der Waals surface area contributed by atoms with Crippen LogP contribution in [0.2, 0.25) is 0 Å². The molecule has 0 radical (unpaired) electrons. The second kappa shape index (κ2) is 11.7. The molecule has 0 fully saturated rings. The first-order valence-electron chi connectivity index (χ1n) is 8.19. The van der Waals surface area contributed by atoms with Crippen molar-refractivity contribution in [3.8, 4) is 17.2 Å². The third kappa shape index (κ3) is 6.95. The van der Waals surface area contributed by atoms with Gasteiger partial charge in [0.25, 0.3) is 0 Å². The van der Waals surface area contributed by atoms with E-state index in [0.29, 0.717) is 18.9 Å². The molecule has 152 valence electrons. The number of hydrogen-bond donors (Lipinski definition) is 3. The zero-order chi connectivity index (χ0) is 20.8. The van der Waals surface area contributed by atoms with Crippen LogP contribution in [0.3, 0.4) is 0 Å². The molecule has 2 aromatic rings. The van der Waals surface area contributed by atoms with E-state index < -0.39 is 12.0 Å². The third-order valence-electron chi connectivity index (χ3n) is 3.62. The van der Waals surface area contributed by atoms with Crippen molar-refractivity contribution < 1.29 is 19.4 Å². The highest BCUT2D eigenvalue weighted by atomic mass is 127. The van der Waals surface area contributed by atoms with E-state index in [0.717, 1.165) is 37.8 Å². The summed E-state index contributed by atoms with van der Waals surface area (Å²) in [5, 5.41) is 9.00.